The number of nitrogens with one attached hydrogen (secondary N) is 1. The summed E-state index contributed by atoms with van der Waals surface area (Å²) in [5.41, 5.74) is 3.45. The second kappa shape index (κ2) is 5.72. The summed E-state index contributed by atoms with van der Waals surface area (Å²) in [5, 5.41) is 3.04. The van der Waals surface area contributed by atoms with E-state index < -0.39 is 10.9 Å². The molecular formula is C19H17NO3. The first-order valence-corrected chi connectivity index (χ1v) is 7.34. The highest BCUT2D eigenvalue weighted by Crippen LogP contribution is 2.31. The number of ether oxygens (including phenoxy) is 1. The largest absolute Gasteiger partial charge is 0.495 e. The third-order valence-corrected chi connectivity index (χ3v) is 4.07. The molecule has 0 bridgehead atoms. The van der Waals surface area contributed by atoms with Crippen molar-refractivity contribution in [2.75, 3.05) is 12.4 Å². The molecule has 0 spiro atoms. The smallest absolute Gasteiger partial charge is 0.250 e. The Balaban J connectivity index is 2.05. The number of rotatable bonds is 4. The molecule has 0 aliphatic rings. The quantitative estimate of drug-likeness (QED) is 0.751. The van der Waals surface area contributed by atoms with Crippen LogP contribution in [0.15, 0.2) is 52.1 Å². The van der Waals surface area contributed by atoms with Gasteiger partial charge in [0, 0.05) is 0 Å². The van der Waals surface area contributed by atoms with E-state index in [1.165, 1.54) is 0 Å². The third-order valence-electron chi connectivity index (χ3n) is 4.07. The van der Waals surface area contributed by atoms with Crippen molar-refractivity contribution in [1.29, 1.82) is 0 Å². The van der Waals surface area contributed by atoms with Gasteiger partial charge in [0.05, 0.1) is 18.4 Å². The van der Waals surface area contributed by atoms with E-state index in [-0.39, 0.29) is 0 Å². The van der Waals surface area contributed by atoms with Crippen molar-refractivity contribution in [2.24, 2.45) is 0 Å². The predicted octanol–water partition coefficient (Wildman–Crippen LogP) is 3.32. The zero-order chi connectivity index (χ0) is 16.6. The Morgan fingerprint density at radius 2 is 1.65 bits per heavy atom. The second-order valence-corrected chi connectivity index (χ2v) is 5.53. The van der Waals surface area contributed by atoms with E-state index >= 15 is 0 Å². The molecule has 0 heterocycles. The van der Waals surface area contributed by atoms with Gasteiger partial charge in [-0.25, -0.2) is 0 Å². The second-order valence-electron chi connectivity index (χ2n) is 5.53. The van der Waals surface area contributed by atoms with Crippen LogP contribution in [-0.4, -0.2) is 7.11 Å². The molecule has 4 nitrogen and oxygen atoms in total. The fourth-order valence-electron chi connectivity index (χ4n) is 2.57. The molecule has 0 saturated heterocycles. The van der Waals surface area contributed by atoms with Crippen LogP contribution in [-0.2, 0) is 0 Å². The van der Waals surface area contributed by atoms with Crippen molar-refractivity contribution in [1.82, 2.24) is 0 Å². The molecule has 4 heteroatoms. The van der Waals surface area contributed by atoms with Gasteiger partial charge in [-0.2, -0.15) is 0 Å². The van der Waals surface area contributed by atoms with Gasteiger partial charge in [0.25, 0.3) is 5.43 Å². The summed E-state index contributed by atoms with van der Waals surface area (Å²) in [6.07, 6.45) is 0. The van der Waals surface area contributed by atoms with Crippen LogP contribution in [0.3, 0.4) is 0 Å². The normalized spacial score (nSPS) is 10.7. The standard InChI is InChI=1S/C19H17NO3/c1-11-8-9-13(10-12(11)2)16-17(19(22)18(16)21)20-14-6-4-5-7-15(14)23-3/h4-10,20H,1-3H3. The number of para-hydroxylation sites is 2. The van der Waals surface area contributed by atoms with Gasteiger partial charge in [-0.15, -0.1) is 0 Å². The Labute approximate surface area is 134 Å². The van der Waals surface area contributed by atoms with Crippen LogP contribution in [0.5, 0.6) is 5.75 Å². The van der Waals surface area contributed by atoms with Gasteiger partial charge < -0.3 is 10.1 Å². The summed E-state index contributed by atoms with van der Waals surface area (Å²) >= 11 is 0. The van der Waals surface area contributed by atoms with Gasteiger partial charge in [-0.3, -0.25) is 9.59 Å². The molecule has 3 aromatic rings. The summed E-state index contributed by atoms with van der Waals surface area (Å²) in [7, 11) is 1.56. The average Bonchev–Trinajstić information content (AvgIpc) is 2.57. The molecule has 0 amide bonds. The summed E-state index contributed by atoms with van der Waals surface area (Å²) < 4.78 is 5.27. The van der Waals surface area contributed by atoms with Crippen LogP contribution in [0.2, 0.25) is 0 Å². The monoisotopic (exact) mass is 307 g/mol. The number of anilines is 2. The number of hydrogen-bond acceptors (Lipinski definition) is 4. The molecule has 0 unspecified atom stereocenters. The van der Waals surface area contributed by atoms with Crippen LogP contribution >= 0.6 is 0 Å². The lowest BCUT2D eigenvalue weighted by Gasteiger charge is -2.16. The van der Waals surface area contributed by atoms with Crippen LogP contribution in [0.1, 0.15) is 11.1 Å². The van der Waals surface area contributed by atoms with Gasteiger partial charge in [0.15, 0.2) is 0 Å². The predicted molar refractivity (Wildman–Crippen MR) is 92.5 cm³/mol. The molecule has 3 rings (SSSR count). The van der Waals surface area contributed by atoms with Crippen molar-refractivity contribution in [3.05, 3.63) is 74.0 Å². The average molecular weight is 307 g/mol. The van der Waals surface area contributed by atoms with E-state index in [9.17, 15) is 9.59 Å². The molecule has 0 atom stereocenters. The highest BCUT2D eigenvalue weighted by Gasteiger charge is 2.23. The van der Waals surface area contributed by atoms with Crippen LogP contribution in [0.25, 0.3) is 11.1 Å². The first kappa shape index (κ1) is 15.0. The number of hydrogen-bond donors (Lipinski definition) is 1. The molecule has 0 fully saturated rings. The molecular weight excluding hydrogens is 290 g/mol. The third kappa shape index (κ3) is 2.52. The zero-order valence-corrected chi connectivity index (χ0v) is 13.3. The lowest BCUT2D eigenvalue weighted by atomic mass is 9.95. The Hall–Kier alpha value is -2.88. The maximum Gasteiger partial charge on any atom is 0.250 e. The van der Waals surface area contributed by atoms with Crippen LogP contribution in [0.4, 0.5) is 11.4 Å². The number of benzene rings is 2. The van der Waals surface area contributed by atoms with Gasteiger partial charge >= 0.3 is 0 Å². The van der Waals surface area contributed by atoms with Crippen molar-refractivity contribution in [3.8, 4) is 16.9 Å². The molecule has 0 radical (unpaired) electrons. The highest BCUT2D eigenvalue weighted by molar-refractivity contribution is 5.86. The first-order chi connectivity index (χ1) is 11.0. The van der Waals surface area contributed by atoms with Gasteiger partial charge in [0.1, 0.15) is 11.4 Å². The Morgan fingerprint density at radius 1 is 0.913 bits per heavy atom. The van der Waals surface area contributed by atoms with Gasteiger partial charge in [0.2, 0.25) is 5.43 Å². The van der Waals surface area contributed by atoms with E-state index in [2.05, 4.69) is 5.32 Å². The minimum atomic E-state index is -0.496. The maximum absolute atomic E-state index is 12.0. The van der Waals surface area contributed by atoms with Gasteiger partial charge in [-0.1, -0.05) is 30.3 Å². The molecule has 1 N–H and O–H groups in total. The fourth-order valence-corrected chi connectivity index (χ4v) is 2.57. The SMILES string of the molecule is COc1ccccc1Nc1c(-c2ccc(C)c(C)c2)c(=O)c1=O. The van der Waals surface area contributed by atoms with Gasteiger partial charge in [-0.05, 0) is 42.7 Å². The summed E-state index contributed by atoms with van der Waals surface area (Å²) in [5.74, 6) is 0.617. The van der Waals surface area contributed by atoms with Crippen molar-refractivity contribution < 1.29 is 4.74 Å². The number of aryl methyl sites for hydroxylation is 2. The molecule has 0 saturated carbocycles. The summed E-state index contributed by atoms with van der Waals surface area (Å²) in [6, 6.07) is 13.0. The Bertz CT molecular complexity index is 950. The van der Waals surface area contributed by atoms with Crippen molar-refractivity contribution in [3.63, 3.8) is 0 Å². The molecule has 3 aromatic carbocycles. The molecule has 0 aromatic heterocycles. The lowest BCUT2D eigenvalue weighted by molar-refractivity contribution is 0.417. The minimum absolute atomic E-state index is 0.322. The fraction of sp³-hybridized carbons (Fsp3) is 0.158. The van der Waals surface area contributed by atoms with Crippen LogP contribution < -0.4 is 20.9 Å². The summed E-state index contributed by atoms with van der Waals surface area (Å²) in [4.78, 5) is 24.0. The van der Waals surface area contributed by atoms with Crippen LogP contribution in [0, 0.1) is 13.8 Å². The maximum atomic E-state index is 12.0. The zero-order valence-electron chi connectivity index (χ0n) is 13.3. The van der Waals surface area contributed by atoms with E-state index in [1.807, 2.05) is 44.2 Å². The first-order valence-electron chi connectivity index (χ1n) is 7.34. The highest BCUT2D eigenvalue weighted by atomic mass is 16.5. The molecule has 23 heavy (non-hydrogen) atoms. The van der Waals surface area contributed by atoms with E-state index in [0.717, 1.165) is 16.7 Å². The Morgan fingerprint density at radius 3 is 2.35 bits per heavy atom. The molecule has 0 aliphatic heterocycles. The van der Waals surface area contributed by atoms with E-state index in [1.54, 1.807) is 19.2 Å². The lowest BCUT2D eigenvalue weighted by Crippen LogP contribution is -2.35. The number of methoxy groups -OCH3 is 1. The van der Waals surface area contributed by atoms with E-state index in [0.29, 0.717) is 22.7 Å². The summed E-state index contributed by atoms with van der Waals surface area (Å²) in [6.45, 7) is 3.99. The minimum Gasteiger partial charge on any atom is -0.495 e. The van der Waals surface area contributed by atoms with E-state index in [4.69, 9.17) is 4.74 Å². The Kier molecular flexibility index (Phi) is 3.74. The van der Waals surface area contributed by atoms with Crippen molar-refractivity contribution in [2.45, 2.75) is 13.8 Å². The van der Waals surface area contributed by atoms with Crippen molar-refractivity contribution >= 4 is 11.4 Å². The molecule has 116 valence electrons. The molecule has 0 aliphatic carbocycles. The topological polar surface area (TPSA) is 55.4 Å².